The summed E-state index contributed by atoms with van der Waals surface area (Å²) in [5.41, 5.74) is 2.52. The minimum Gasteiger partial charge on any atom is -0.507 e. The highest BCUT2D eigenvalue weighted by Gasteiger charge is 2.47. The number of rotatable bonds is 6. The third-order valence-electron chi connectivity index (χ3n) is 5.97. The molecule has 1 atom stereocenters. The summed E-state index contributed by atoms with van der Waals surface area (Å²) in [6.45, 7) is 3.20. The zero-order valence-electron chi connectivity index (χ0n) is 20.4. The van der Waals surface area contributed by atoms with Crippen LogP contribution in [0.1, 0.15) is 29.7 Å². The molecule has 184 valence electrons. The molecule has 36 heavy (non-hydrogen) atoms. The molecular weight excluding hydrogens is 460 g/mol. The van der Waals surface area contributed by atoms with Crippen LogP contribution in [0, 0.1) is 6.92 Å². The standard InChI is InChI=1S/C28H26N2O6/c1-16-13-19(11-12-23(16)36-4)26(32)24-25(18-7-5-10-22(14-18)35-3)30(28(34)27(24)33)21-9-6-8-20(15-21)29-17(2)31/h5-15,25,32H,1-4H3,(H,29,31)/b26-24+. The summed E-state index contributed by atoms with van der Waals surface area (Å²) >= 11 is 0. The zero-order valence-corrected chi connectivity index (χ0v) is 20.4. The fraction of sp³-hybridized carbons (Fsp3) is 0.179. The molecular formula is C28H26N2O6. The van der Waals surface area contributed by atoms with Crippen LogP contribution in [0.2, 0.25) is 0 Å². The van der Waals surface area contributed by atoms with Crippen LogP contribution >= 0.6 is 0 Å². The lowest BCUT2D eigenvalue weighted by molar-refractivity contribution is -0.132. The Morgan fingerprint density at radius 3 is 2.39 bits per heavy atom. The number of Topliss-reactive ketones (excluding diaryl/α,β-unsaturated/α-hetero) is 1. The van der Waals surface area contributed by atoms with Crippen LogP contribution in [-0.4, -0.2) is 36.9 Å². The largest absolute Gasteiger partial charge is 0.507 e. The van der Waals surface area contributed by atoms with Crippen LogP contribution in [0.25, 0.3) is 5.76 Å². The topological polar surface area (TPSA) is 105 Å². The Kier molecular flexibility index (Phi) is 6.78. The molecule has 1 saturated heterocycles. The Morgan fingerprint density at radius 2 is 1.72 bits per heavy atom. The van der Waals surface area contributed by atoms with E-state index in [9.17, 15) is 19.5 Å². The maximum atomic E-state index is 13.4. The molecule has 0 saturated carbocycles. The van der Waals surface area contributed by atoms with Crippen LogP contribution in [0.15, 0.2) is 72.3 Å². The lowest BCUT2D eigenvalue weighted by Gasteiger charge is -2.26. The average Bonchev–Trinajstić information content (AvgIpc) is 3.13. The van der Waals surface area contributed by atoms with Gasteiger partial charge in [-0.2, -0.15) is 0 Å². The highest BCUT2D eigenvalue weighted by Crippen LogP contribution is 2.43. The quantitative estimate of drug-likeness (QED) is 0.300. The van der Waals surface area contributed by atoms with E-state index in [4.69, 9.17) is 9.47 Å². The Hall–Kier alpha value is -4.59. The second-order valence-corrected chi connectivity index (χ2v) is 8.36. The van der Waals surface area contributed by atoms with Gasteiger partial charge in [0, 0.05) is 23.9 Å². The number of amides is 2. The van der Waals surface area contributed by atoms with E-state index >= 15 is 0 Å². The molecule has 1 aliphatic heterocycles. The summed E-state index contributed by atoms with van der Waals surface area (Å²) in [6.07, 6.45) is 0. The third-order valence-corrected chi connectivity index (χ3v) is 5.97. The predicted octanol–water partition coefficient (Wildman–Crippen LogP) is 4.60. The molecule has 1 aliphatic rings. The van der Waals surface area contributed by atoms with Crippen molar-refractivity contribution in [1.82, 2.24) is 0 Å². The van der Waals surface area contributed by atoms with Gasteiger partial charge in [0.05, 0.1) is 25.8 Å². The van der Waals surface area contributed by atoms with Crippen molar-refractivity contribution in [3.63, 3.8) is 0 Å². The minimum atomic E-state index is -0.935. The van der Waals surface area contributed by atoms with Crippen molar-refractivity contribution in [3.05, 3.63) is 89.0 Å². The fourth-order valence-electron chi connectivity index (χ4n) is 4.34. The monoisotopic (exact) mass is 486 g/mol. The first-order chi connectivity index (χ1) is 17.2. The summed E-state index contributed by atoms with van der Waals surface area (Å²) < 4.78 is 10.7. The number of benzene rings is 3. The van der Waals surface area contributed by atoms with E-state index in [2.05, 4.69) is 5.32 Å². The summed E-state index contributed by atoms with van der Waals surface area (Å²) in [4.78, 5) is 39.7. The van der Waals surface area contributed by atoms with Crippen LogP contribution in [0.4, 0.5) is 11.4 Å². The van der Waals surface area contributed by atoms with E-state index in [1.165, 1.54) is 18.9 Å². The Bertz CT molecular complexity index is 1390. The summed E-state index contributed by atoms with van der Waals surface area (Å²) in [5.74, 6) is -1.02. The Balaban J connectivity index is 1.93. The van der Waals surface area contributed by atoms with E-state index in [1.54, 1.807) is 73.8 Å². The second-order valence-electron chi connectivity index (χ2n) is 8.36. The van der Waals surface area contributed by atoms with E-state index in [0.717, 1.165) is 5.56 Å². The first-order valence-corrected chi connectivity index (χ1v) is 11.2. The number of ether oxygens (including phenoxy) is 2. The highest BCUT2D eigenvalue weighted by molar-refractivity contribution is 6.51. The molecule has 8 nitrogen and oxygen atoms in total. The molecule has 1 heterocycles. The van der Waals surface area contributed by atoms with Gasteiger partial charge in [0.1, 0.15) is 17.3 Å². The molecule has 0 aliphatic carbocycles. The number of methoxy groups -OCH3 is 2. The van der Waals surface area contributed by atoms with E-state index in [0.29, 0.717) is 34.0 Å². The number of hydrogen-bond acceptors (Lipinski definition) is 6. The third kappa shape index (κ3) is 4.53. The van der Waals surface area contributed by atoms with Gasteiger partial charge in [0.2, 0.25) is 5.91 Å². The number of aliphatic hydroxyl groups is 1. The first-order valence-electron chi connectivity index (χ1n) is 11.2. The molecule has 0 radical (unpaired) electrons. The normalized spacial score (nSPS) is 16.7. The number of hydrogen-bond donors (Lipinski definition) is 2. The highest BCUT2D eigenvalue weighted by atomic mass is 16.5. The van der Waals surface area contributed by atoms with Crippen molar-refractivity contribution < 1.29 is 29.0 Å². The Labute approximate surface area is 208 Å². The average molecular weight is 487 g/mol. The van der Waals surface area contributed by atoms with Gasteiger partial charge in [-0.05, 0) is 66.6 Å². The maximum absolute atomic E-state index is 13.4. The summed E-state index contributed by atoms with van der Waals surface area (Å²) in [5, 5.41) is 14.0. The van der Waals surface area contributed by atoms with Crippen LogP contribution in [-0.2, 0) is 14.4 Å². The molecule has 4 rings (SSSR count). The second kappa shape index (κ2) is 9.95. The molecule has 2 amide bonds. The molecule has 2 N–H and O–H groups in total. The number of carbonyl (C=O) groups is 3. The molecule has 0 bridgehead atoms. The lowest BCUT2D eigenvalue weighted by atomic mass is 9.94. The van der Waals surface area contributed by atoms with E-state index in [-0.39, 0.29) is 17.2 Å². The predicted molar refractivity (Wildman–Crippen MR) is 136 cm³/mol. The number of aliphatic hydroxyl groups excluding tert-OH is 1. The molecule has 0 aromatic heterocycles. The minimum absolute atomic E-state index is 0.0530. The van der Waals surface area contributed by atoms with Gasteiger partial charge in [-0.15, -0.1) is 0 Å². The van der Waals surface area contributed by atoms with Crippen molar-refractivity contribution >= 4 is 34.7 Å². The summed E-state index contributed by atoms with van der Waals surface area (Å²) in [6, 6.07) is 17.7. The smallest absolute Gasteiger partial charge is 0.300 e. The number of anilines is 2. The van der Waals surface area contributed by atoms with Gasteiger partial charge in [0.25, 0.3) is 11.7 Å². The molecule has 1 fully saturated rings. The van der Waals surface area contributed by atoms with Gasteiger partial charge in [-0.3, -0.25) is 19.3 Å². The number of nitrogens with zero attached hydrogens (tertiary/aromatic N) is 1. The molecule has 3 aromatic carbocycles. The summed E-state index contributed by atoms with van der Waals surface area (Å²) in [7, 11) is 3.07. The molecule has 1 unspecified atom stereocenters. The maximum Gasteiger partial charge on any atom is 0.300 e. The van der Waals surface area contributed by atoms with Gasteiger partial charge in [-0.25, -0.2) is 0 Å². The lowest BCUT2D eigenvalue weighted by Crippen LogP contribution is -2.29. The van der Waals surface area contributed by atoms with E-state index < -0.39 is 17.7 Å². The van der Waals surface area contributed by atoms with Crippen molar-refractivity contribution in [3.8, 4) is 11.5 Å². The van der Waals surface area contributed by atoms with Crippen molar-refractivity contribution in [2.75, 3.05) is 24.4 Å². The molecule has 8 heteroatoms. The molecule has 0 spiro atoms. The van der Waals surface area contributed by atoms with Crippen molar-refractivity contribution in [2.45, 2.75) is 19.9 Å². The first kappa shape index (κ1) is 24.5. The molecule has 3 aromatic rings. The van der Waals surface area contributed by atoms with Crippen LogP contribution in [0.5, 0.6) is 11.5 Å². The van der Waals surface area contributed by atoms with Crippen LogP contribution in [0.3, 0.4) is 0 Å². The number of aryl methyl sites for hydroxylation is 1. The van der Waals surface area contributed by atoms with Crippen molar-refractivity contribution in [1.29, 1.82) is 0 Å². The number of ketones is 1. The van der Waals surface area contributed by atoms with Crippen LogP contribution < -0.4 is 19.7 Å². The zero-order chi connectivity index (χ0) is 26.0. The van der Waals surface area contributed by atoms with Gasteiger partial charge in [-0.1, -0.05) is 18.2 Å². The number of nitrogens with one attached hydrogen (secondary N) is 1. The van der Waals surface area contributed by atoms with Gasteiger partial charge < -0.3 is 19.9 Å². The van der Waals surface area contributed by atoms with E-state index in [1.807, 2.05) is 6.92 Å². The van der Waals surface area contributed by atoms with Gasteiger partial charge in [0.15, 0.2) is 0 Å². The van der Waals surface area contributed by atoms with Gasteiger partial charge >= 0.3 is 0 Å². The Morgan fingerprint density at radius 1 is 0.972 bits per heavy atom. The van der Waals surface area contributed by atoms with Crippen molar-refractivity contribution in [2.24, 2.45) is 0 Å². The fourth-order valence-corrected chi connectivity index (χ4v) is 4.34. The number of carbonyl (C=O) groups excluding carboxylic acids is 3. The SMILES string of the molecule is COc1cccc(C2/C(=C(\O)c3ccc(OC)c(C)c3)C(=O)C(=O)N2c2cccc(NC(C)=O)c2)c1.